The first kappa shape index (κ1) is 18.2. The lowest BCUT2D eigenvalue weighted by Gasteiger charge is -2.20. The molecule has 2 aliphatic heterocycles. The Labute approximate surface area is 164 Å². The maximum Gasteiger partial charge on any atom is 0.244 e. The summed E-state index contributed by atoms with van der Waals surface area (Å²) in [6.45, 7) is 4.32. The van der Waals surface area contributed by atoms with Crippen LogP contribution in [-0.2, 0) is 4.79 Å². The molecular formula is C22H23NO5. The zero-order valence-electron chi connectivity index (χ0n) is 15.8. The van der Waals surface area contributed by atoms with Crippen LogP contribution in [0.4, 0.5) is 0 Å². The van der Waals surface area contributed by atoms with Crippen molar-refractivity contribution in [2.24, 2.45) is 0 Å². The molecule has 6 heteroatoms. The molecule has 2 aliphatic rings. The molecule has 0 spiro atoms. The average molecular weight is 381 g/mol. The van der Waals surface area contributed by atoms with Gasteiger partial charge in [0.05, 0.1) is 19.3 Å². The molecule has 2 aromatic carbocycles. The summed E-state index contributed by atoms with van der Waals surface area (Å²) < 4.78 is 22.4. The molecule has 0 bridgehead atoms. The quantitative estimate of drug-likeness (QED) is 0.821. The predicted molar refractivity (Wildman–Crippen MR) is 105 cm³/mol. The number of ether oxygens (including phenoxy) is 4. The topological polar surface area (TPSA) is 66.0 Å². The zero-order valence-corrected chi connectivity index (χ0v) is 15.8. The molecule has 1 unspecified atom stereocenters. The number of benzene rings is 2. The van der Waals surface area contributed by atoms with Crippen LogP contribution < -0.4 is 24.3 Å². The Bertz CT molecular complexity index is 892. The number of carbonyl (C=O) groups is 1. The number of hydrogen-bond donors (Lipinski definition) is 1. The van der Waals surface area contributed by atoms with Crippen LogP contribution in [0.25, 0.3) is 6.08 Å². The Morgan fingerprint density at radius 3 is 2.36 bits per heavy atom. The second kappa shape index (κ2) is 8.25. The van der Waals surface area contributed by atoms with Crippen LogP contribution >= 0.6 is 0 Å². The Morgan fingerprint density at radius 2 is 1.54 bits per heavy atom. The van der Waals surface area contributed by atoms with Gasteiger partial charge >= 0.3 is 0 Å². The summed E-state index contributed by atoms with van der Waals surface area (Å²) in [6.07, 6.45) is 4.15. The summed E-state index contributed by atoms with van der Waals surface area (Å²) in [4.78, 5) is 12.3. The van der Waals surface area contributed by atoms with Crippen molar-refractivity contribution in [3.05, 3.63) is 53.6 Å². The van der Waals surface area contributed by atoms with Gasteiger partial charge in [-0.3, -0.25) is 4.79 Å². The molecule has 1 atom stereocenters. The van der Waals surface area contributed by atoms with Crippen molar-refractivity contribution >= 4 is 12.0 Å². The fraction of sp³-hybridized carbons (Fsp3) is 0.318. The smallest absolute Gasteiger partial charge is 0.244 e. The van der Waals surface area contributed by atoms with Crippen molar-refractivity contribution in [1.29, 1.82) is 0 Å². The molecule has 0 aromatic heterocycles. The Kier molecular flexibility index (Phi) is 5.37. The lowest BCUT2D eigenvalue weighted by Crippen LogP contribution is -2.25. The molecule has 0 aliphatic carbocycles. The molecule has 1 N–H and O–H groups in total. The molecule has 0 saturated carbocycles. The van der Waals surface area contributed by atoms with Crippen LogP contribution in [0.2, 0.25) is 0 Å². The minimum absolute atomic E-state index is 0.156. The lowest BCUT2D eigenvalue weighted by atomic mass is 10.1. The zero-order chi connectivity index (χ0) is 19.3. The van der Waals surface area contributed by atoms with Gasteiger partial charge in [0.1, 0.15) is 13.2 Å². The highest BCUT2D eigenvalue weighted by atomic mass is 16.6. The van der Waals surface area contributed by atoms with Crippen LogP contribution in [0.15, 0.2) is 42.5 Å². The van der Waals surface area contributed by atoms with Crippen molar-refractivity contribution < 1.29 is 23.7 Å². The SMILES string of the molecule is CC(NC(=O)/C=C/c1ccc2c(c1)OCCCO2)c1ccc2c(c1)OCCO2. The van der Waals surface area contributed by atoms with Crippen LogP contribution in [0.5, 0.6) is 23.0 Å². The van der Waals surface area contributed by atoms with Crippen LogP contribution in [-0.4, -0.2) is 32.3 Å². The first-order valence-electron chi connectivity index (χ1n) is 9.47. The number of hydrogen-bond acceptors (Lipinski definition) is 5. The van der Waals surface area contributed by atoms with Gasteiger partial charge < -0.3 is 24.3 Å². The highest BCUT2D eigenvalue weighted by molar-refractivity contribution is 5.92. The van der Waals surface area contributed by atoms with E-state index in [2.05, 4.69) is 5.32 Å². The Morgan fingerprint density at radius 1 is 0.893 bits per heavy atom. The Hall–Kier alpha value is -3.15. The van der Waals surface area contributed by atoms with E-state index in [4.69, 9.17) is 18.9 Å². The van der Waals surface area contributed by atoms with E-state index >= 15 is 0 Å². The van der Waals surface area contributed by atoms with Gasteiger partial charge in [-0.2, -0.15) is 0 Å². The van der Waals surface area contributed by atoms with Gasteiger partial charge in [0, 0.05) is 12.5 Å². The first-order valence-corrected chi connectivity index (χ1v) is 9.47. The third kappa shape index (κ3) is 4.22. The van der Waals surface area contributed by atoms with E-state index in [0.29, 0.717) is 37.9 Å². The minimum Gasteiger partial charge on any atom is -0.490 e. The molecule has 0 radical (unpaired) electrons. The molecule has 28 heavy (non-hydrogen) atoms. The third-order valence-electron chi connectivity index (χ3n) is 4.62. The monoisotopic (exact) mass is 381 g/mol. The Balaban J connectivity index is 1.39. The largest absolute Gasteiger partial charge is 0.490 e. The summed E-state index contributed by atoms with van der Waals surface area (Å²) in [6, 6.07) is 11.2. The highest BCUT2D eigenvalue weighted by Gasteiger charge is 2.15. The number of amides is 1. The van der Waals surface area contributed by atoms with E-state index in [1.165, 1.54) is 6.08 Å². The first-order chi connectivity index (χ1) is 13.7. The molecule has 1 amide bonds. The second-order valence-corrected chi connectivity index (χ2v) is 6.72. The van der Waals surface area contributed by atoms with Gasteiger partial charge in [-0.15, -0.1) is 0 Å². The van der Waals surface area contributed by atoms with E-state index in [1.54, 1.807) is 6.08 Å². The maximum absolute atomic E-state index is 12.3. The normalized spacial score (nSPS) is 16.3. The molecule has 4 rings (SSSR count). The number of nitrogens with one attached hydrogen (secondary N) is 1. The standard InChI is InChI=1S/C22H23NO5/c1-15(17-5-7-19-21(14-17)28-12-11-27-19)23-22(24)8-4-16-3-6-18-20(13-16)26-10-2-9-25-18/h3-8,13-15H,2,9-12H2,1H3,(H,23,24)/b8-4+. The molecule has 0 saturated heterocycles. The van der Waals surface area contributed by atoms with Gasteiger partial charge in [0.25, 0.3) is 0 Å². The second-order valence-electron chi connectivity index (χ2n) is 6.72. The average Bonchev–Trinajstić information content (AvgIpc) is 2.97. The molecule has 146 valence electrons. The molecule has 6 nitrogen and oxygen atoms in total. The number of carbonyl (C=O) groups excluding carboxylic acids is 1. The summed E-state index contributed by atoms with van der Waals surface area (Å²) in [5.74, 6) is 2.74. The van der Waals surface area contributed by atoms with Crippen molar-refractivity contribution in [3.8, 4) is 23.0 Å². The van der Waals surface area contributed by atoms with Crippen molar-refractivity contribution in [2.75, 3.05) is 26.4 Å². The van der Waals surface area contributed by atoms with Gasteiger partial charge in [-0.05, 0) is 48.4 Å². The van der Waals surface area contributed by atoms with E-state index in [0.717, 1.165) is 29.0 Å². The van der Waals surface area contributed by atoms with Gasteiger partial charge in [0.15, 0.2) is 23.0 Å². The third-order valence-corrected chi connectivity index (χ3v) is 4.62. The van der Waals surface area contributed by atoms with Crippen molar-refractivity contribution in [2.45, 2.75) is 19.4 Å². The summed E-state index contributed by atoms with van der Waals surface area (Å²) in [7, 11) is 0. The fourth-order valence-corrected chi connectivity index (χ4v) is 3.13. The van der Waals surface area contributed by atoms with E-state index in [-0.39, 0.29) is 11.9 Å². The molecule has 2 aromatic rings. The number of rotatable bonds is 4. The molecular weight excluding hydrogens is 358 g/mol. The van der Waals surface area contributed by atoms with E-state index in [9.17, 15) is 4.79 Å². The van der Waals surface area contributed by atoms with Crippen LogP contribution in [0.3, 0.4) is 0 Å². The molecule has 0 fully saturated rings. The van der Waals surface area contributed by atoms with Crippen LogP contribution in [0.1, 0.15) is 30.5 Å². The van der Waals surface area contributed by atoms with Gasteiger partial charge in [0.2, 0.25) is 5.91 Å². The van der Waals surface area contributed by atoms with Gasteiger partial charge in [-0.25, -0.2) is 0 Å². The minimum atomic E-state index is -0.172. The van der Waals surface area contributed by atoms with E-state index < -0.39 is 0 Å². The number of fused-ring (bicyclic) bond motifs is 2. The van der Waals surface area contributed by atoms with E-state index in [1.807, 2.05) is 43.3 Å². The van der Waals surface area contributed by atoms with Crippen molar-refractivity contribution in [1.82, 2.24) is 5.32 Å². The van der Waals surface area contributed by atoms with Crippen LogP contribution in [0, 0.1) is 0 Å². The predicted octanol–water partition coefficient (Wildman–Crippen LogP) is 3.51. The van der Waals surface area contributed by atoms with Gasteiger partial charge in [-0.1, -0.05) is 12.1 Å². The van der Waals surface area contributed by atoms with Crippen molar-refractivity contribution in [3.63, 3.8) is 0 Å². The summed E-state index contributed by atoms with van der Waals surface area (Å²) in [5, 5.41) is 2.97. The summed E-state index contributed by atoms with van der Waals surface area (Å²) in [5.41, 5.74) is 1.84. The highest BCUT2D eigenvalue weighted by Crippen LogP contribution is 2.33. The lowest BCUT2D eigenvalue weighted by molar-refractivity contribution is -0.117. The fourth-order valence-electron chi connectivity index (χ4n) is 3.13. The maximum atomic E-state index is 12.3. The summed E-state index contributed by atoms with van der Waals surface area (Å²) >= 11 is 0. The molecule has 2 heterocycles.